The van der Waals surface area contributed by atoms with E-state index in [1.54, 1.807) is 0 Å². The van der Waals surface area contributed by atoms with E-state index in [2.05, 4.69) is 20.8 Å². The summed E-state index contributed by atoms with van der Waals surface area (Å²) in [5.41, 5.74) is 1.16. The lowest BCUT2D eigenvalue weighted by atomic mass is 10.1. The Kier molecular flexibility index (Phi) is 3.54. The second kappa shape index (κ2) is 4.73. The minimum atomic E-state index is -0.228. The van der Waals surface area contributed by atoms with E-state index < -0.39 is 0 Å². The van der Waals surface area contributed by atoms with E-state index in [9.17, 15) is 5.11 Å². The first-order chi connectivity index (χ1) is 7.16. The predicted molar refractivity (Wildman–Crippen MR) is 67.0 cm³/mol. The number of aliphatic hydroxyl groups excluding tert-OH is 1. The number of benzene rings is 1. The van der Waals surface area contributed by atoms with Crippen molar-refractivity contribution in [3.63, 3.8) is 0 Å². The van der Waals surface area contributed by atoms with Crippen LogP contribution in [0.25, 0.3) is 0 Å². The van der Waals surface area contributed by atoms with Crippen molar-refractivity contribution in [3.05, 3.63) is 29.3 Å². The number of alkyl halides is 1. The third kappa shape index (κ3) is 2.65. The van der Waals surface area contributed by atoms with E-state index in [-0.39, 0.29) is 10.9 Å². The number of anilines is 1. The van der Waals surface area contributed by atoms with Crippen molar-refractivity contribution in [3.8, 4) is 0 Å². The molecule has 0 aliphatic carbocycles. The van der Waals surface area contributed by atoms with Crippen molar-refractivity contribution in [2.75, 3.05) is 18.0 Å². The molecule has 15 heavy (non-hydrogen) atoms. The summed E-state index contributed by atoms with van der Waals surface area (Å²) in [5, 5.41) is 10.3. The van der Waals surface area contributed by atoms with E-state index in [1.165, 1.54) is 0 Å². The second-order valence-corrected chi connectivity index (χ2v) is 5.41. The van der Waals surface area contributed by atoms with Gasteiger partial charge in [-0.2, -0.15) is 0 Å². The number of hydrogen-bond donors (Lipinski definition) is 1. The van der Waals surface area contributed by atoms with Crippen LogP contribution >= 0.6 is 27.5 Å². The van der Waals surface area contributed by atoms with Gasteiger partial charge in [-0.15, -0.1) is 0 Å². The zero-order chi connectivity index (χ0) is 10.8. The van der Waals surface area contributed by atoms with Crippen molar-refractivity contribution >= 4 is 33.2 Å². The molecule has 2 atom stereocenters. The van der Waals surface area contributed by atoms with Gasteiger partial charge in [0, 0.05) is 23.8 Å². The van der Waals surface area contributed by atoms with Crippen LogP contribution in [0.4, 0.5) is 5.69 Å². The molecule has 0 aromatic heterocycles. The quantitative estimate of drug-likeness (QED) is 0.804. The molecule has 4 heteroatoms. The summed E-state index contributed by atoms with van der Waals surface area (Å²) >= 11 is 9.32. The lowest BCUT2D eigenvalue weighted by Gasteiger charge is -2.35. The van der Waals surface area contributed by atoms with Crippen molar-refractivity contribution in [1.29, 1.82) is 0 Å². The Bertz CT molecular complexity index is 330. The highest BCUT2D eigenvalue weighted by atomic mass is 79.9. The molecule has 0 spiro atoms. The Hall–Kier alpha value is -0.250. The fourth-order valence-corrected chi connectivity index (χ4v) is 2.52. The largest absolute Gasteiger partial charge is 0.392 e. The summed E-state index contributed by atoms with van der Waals surface area (Å²) in [6.45, 7) is 1.73. The first-order valence-corrected chi connectivity index (χ1v) is 6.29. The Labute approximate surface area is 103 Å². The molecule has 0 radical (unpaired) electrons. The van der Waals surface area contributed by atoms with Gasteiger partial charge < -0.3 is 10.0 Å². The molecule has 1 aliphatic rings. The van der Waals surface area contributed by atoms with Gasteiger partial charge in [0.25, 0.3) is 0 Å². The number of nitrogens with zero attached hydrogens (tertiary/aromatic N) is 1. The highest BCUT2D eigenvalue weighted by molar-refractivity contribution is 9.09. The van der Waals surface area contributed by atoms with Crippen LogP contribution in [0, 0.1) is 0 Å². The highest BCUT2D eigenvalue weighted by Gasteiger charge is 2.25. The minimum absolute atomic E-state index is 0.155. The van der Waals surface area contributed by atoms with Gasteiger partial charge in [-0.1, -0.05) is 27.5 Å². The number of halogens is 2. The van der Waals surface area contributed by atoms with Crippen LogP contribution < -0.4 is 4.90 Å². The summed E-state index contributed by atoms with van der Waals surface area (Å²) in [5.74, 6) is 0. The maximum absolute atomic E-state index is 9.59. The van der Waals surface area contributed by atoms with E-state index >= 15 is 0 Å². The Morgan fingerprint density at radius 2 is 2.00 bits per heavy atom. The number of aliphatic hydroxyl groups is 1. The Balaban J connectivity index is 2.08. The smallest absolute Gasteiger partial charge is 0.0699 e. The average molecular weight is 291 g/mol. The molecule has 2 unspecified atom stereocenters. The molecule has 1 fully saturated rings. The van der Waals surface area contributed by atoms with Crippen molar-refractivity contribution < 1.29 is 5.11 Å². The molecule has 82 valence electrons. The fourth-order valence-electron chi connectivity index (χ4n) is 1.78. The Morgan fingerprint density at radius 3 is 2.60 bits per heavy atom. The maximum Gasteiger partial charge on any atom is 0.0699 e. The first-order valence-electron chi connectivity index (χ1n) is 4.99. The van der Waals surface area contributed by atoms with Crippen LogP contribution in [0.5, 0.6) is 0 Å². The summed E-state index contributed by atoms with van der Waals surface area (Å²) < 4.78 is 0. The maximum atomic E-state index is 9.59. The highest BCUT2D eigenvalue weighted by Crippen LogP contribution is 2.24. The topological polar surface area (TPSA) is 23.5 Å². The Morgan fingerprint density at radius 1 is 1.33 bits per heavy atom. The van der Waals surface area contributed by atoms with Gasteiger partial charge in [0.05, 0.1) is 10.9 Å². The van der Waals surface area contributed by atoms with Crippen molar-refractivity contribution in [2.24, 2.45) is 0 Å². The molecule has 0 bridgehead atoms. The molecule has 0 amide bonds. The average Bonchev–Trinajstić information content (AvgIpc) is 2.23. The molecular weight excluding hydrogens is 277 g/mol. The minimum Gasteiger partial charge on any atom is -0.392 e. The summed E-state index contributed by atoms with van der Waals surface area (Å²) in [6, 6.07) is 7.82. The normalized spacial score (nSPS) is 26.7. The van der Waals surface area contributed by atoms with Crippen LogP contribution in [-0.4, -0.2) is 29.1 Å². The standard InChI is InChI=1S/C11H13BrClNO/c12-10-7-14(6-5-11(10)15)9-3-1-8(13)2-4-9/h1-4,10-11,15H,5-7H2. The van der Waals surface area contributed by atoms with Gasteiger partial charge in [-0.3, -0.25) is 0 Å². The monoisotopic (exact) mass is 289 g/mol. The van der Waals surface area contributed by atoms with Crippen molar-refractivity contribution in [2.45, 2.75) is 17.4 Å². The third-order valence-electron chi connectivity index (χ3n) is 2.70. The number of piperidine rings is 1. The lowest BCUT2D eigenvalue weighted by Crippen LogP contribution is -2.43. The number of rotatable bonds is 1. The van der Waals surface area contributed by atoms with E-state index in [0.717, 1.165) is 30.2 Å². The molecule has 2 nitrogen and oxygen atoms in total. The second-order valence-electron chi connectivity index (χ2n) is 3.79. The van der Waals surface area contributed by atoms with Crippen LogP contribution in [0.3, 0.4) is 0 Å². The fraction of sp³-hybridized carbons (Fsp3) is 0.455. The first kappa shape index (κ1) is 11.2. The SMILES string of the molecule is OC1CCN(c2ccc(Cl)cc2)CC1Br. The molecule has 1 N–H and O–H groups in total. The molecule has 0 saturated carbocycles. The van der Waals surface area contributed by atoms with Gasteiger partial charge in [0.1, 0.15) is 0 Å². The van der Waals surface area contributed by atoms with Crippen LogP contribution in [0.2, 0.25) is 5.02 Å². The molecule has 1 heterocycles. The molecule has 2 rings (SSSR count). The van der Waals surface area contributed by atoms with Gasteiger partial charge in [0.15, 0.2) is 0 Å². The molecule has 1 aromatic carbocycles. The summed E-state index contributed by atoms with van der Waals surface area (Å²) in [7, 11) is 0. The molecule has 1 saturated heterocycles. The summed E-state index contributed by atoms with van der Waals surface area (Å²) in [4.78, 5) is 2.41. The van der Waals surface area contributed by atoms with Gasteiger partial charge in [0.2, 0.25) is 0 Å². The van der Waals surface area contributed by atoms with Gasteiger partial charge >= 0.3 is 0 Å². The van der Waals surface area contributed by atoms with E-state index in [1.807, 2.05) is 24.3 Å². The van der Waals surface area contributed by atoms with Gasteiger partial charge in [-0.25, -0.2) is 0 Å². The van der Waals surface area contributed by atoms with Crippen molar-refractivity contribution in [1.82, 2.24) is 0 Å². The zero-order valence-corrected chi connectivity index (χ0v) is 10.6. The van der Waals surface area contributed by atoms with Crippen LogP contribution in [0.15, 0.2) is 24.3 Å². The number of hydrogen-bond acceptors (Lipinski definition) is 2. The van der Waals surface area contributed by atoms with Crippen LogP contribution in [0.1, 0.15) is 6.42 Å². The molecular formula is C11H13BrClNO. The molecule has 1 aromatic rings. The summed E-state index contributed by atoms with van der Waals surface area (Å²) in [6.07, 6.45) is 0.576. The molecule has 1 aliphatic heterocycles. The third-order valence-corrected chi connectivity index (χ3v) is 3.85. The lowest BCUT2D eigenvalue weighted by molar-refractivity contribution is 0.153. The van der Waals surface area contributed by atoms with E-state index in [0.29, 0.717) is 0 Å². The zero-order valence-electron chi connectivity index (χ0n) is 8.24. The predicted octanol–water partition coefficient (Wildman–Crippen LogP) is 2.67. The van der Waals surface area contributed by atoms with Gasteiger partial charge in [-0.05, 0) is 30.7 Å². The van der Waals surface area contributed by atoms with Crippen LogP contribution in [-0.2, 0) is 0 Å². The van der Waals surface area contributed by atoms with E-state index in [4.69, 9.17) is 11.6 Å².